The standard InChI is InChI=1S/C19H19ClN2O3/c1-3-10-24-16-7-4-14(5-8-16)12-21(2)13-22-17-9-6-15(20)11-18(17)25-19(22)23/h3-9,11H,1,10,12-13H2,2H3. The molecular weight excluding hydrogens is 340 g/mol. The lowest BCUT2D eigenvalue weighted by Gasteiger charge is -2.17. The van der Waals surface area contributed by atoms with Crippen molar-refractivity contribution in [2.75, 3.05) is 13.7 Å². The summed E-state index contributed by atoms with van der Waals surface area (Å²) in [5.41, 5.74) is 2.35. The molecule has 1 aromatic heterocycles. The first-order valence-corrected chi connectivity index (χ1v) is 8.24. The largest absolute Gasteiger partial charge is 0.490 e. The van der Waals surface area contributed by atoms with E-state index in [-0.39, 0.29) is 0 Å². The molecule has 6 heteroatoms. The van der Waals surface area contributed by atoms with Gasteiger partial charge in [0, 0.05) is 17.6 Å². The molecule has 25 heavy (non-hydrogen) atoms. The van der Waals surface area contributed by atoms with Gasteiger partial charge in [-0.05, 0) is 36.9 Å². The Morgan fingerprint density at radius 1 is 1.28 bits per heavy atom. The van der Waals surface area contributed by atoms with Crippen LogP contribution in [-0.4, -0.2) is 23.1 Å². The Morgan fingerprint density at radius 3 is 2.76 bits per heavy atom. The lowest BCUT2D eigenvalue weighted by Crippen LogP contribution is -2.27. The van der Waals surface area contributed by atoms with Crippen LogP contribution in [0.1, 0.15) is 5.56 Å². The van der Waals surface area contributed by atoms with Crippen LogP contribution >= 0.6 is 11.6 Å². The Balaban J connectivity index is 1.70. The molecular formula is C19H19ClN2O3. The average molecular weight is 359 g/mol. The zero-order valence-corrected chi connectivity index (χ0v) is 14.7. The summed E-state index contributed by atoms with van der Waals surface area (Å²) in [5.74, 6) is 0.414. The highest BCUT2D eigenvalue weighted by atomic mass is 35.5. The molecule has 0 N–H and O–H groups in total. The molecule has 5 nitrogen and oxygen atoms in total. The molecule has 0 amide bonds. The van der Waals surface area contributed by atoms with Crippen LogP contribution in [-0.2, 0) is 13.2 Å². The fourth-order valence-electron chi connectivity index (χ4n) is 2.62. The quantitative estimate of drug-likeness (QED) is 0.601. The zero-order chi connectivity index (χ0) is 17.8. The van der Waals surface area contributed by atoms with Crippen LogP contribution in [0.15, 0.2) is 64.3 Å². The van der Waals surface area contributed by atoms with E-state index in [0.717, 1.165) is 16.8 Å². The molecule has 3 rings (SSSR count). The molecule has 0 fully saturated rings. The maximum Gasteiger partial charge on any atom is 0.421 e. The predicted molar refractivity (Wildman–Crippen MR) is 99.1 cm³/mol. The maximum atomic E-state index is 12.1. The highest BCUT2D eigenvalue weighted by Crippen LogP contribution is 2.19. The van der Waals surface area contributed by atoms with Crippen LogP contribution < -0.4 is 10.5 Å². The minimum atomic E-state index is -0.391. The van der Waals surface area contributed by atoms with E-state index in [1.54, 1.807) is 28.8 Å². The van der Waals surface area contributed by atoms with Crippen molar-refractivity contribution in [1.29, 1.82) is 0 Å². The molecule has 0 unspecified atom stereocenters. The topological polar surface area (TPSA) is 47.6 Å². The molecule has 0 spiro atoms. The first-order valence-electron chi connectivity index (χ1n) is 7.87. The number of benzene rings is 2. The number of halogens is 1. The van der Waals surface area contributed by atoms with Gasteiger partial charge in [0.1, 0.15) is 12.4 Å². The second-order valence-electron chi connectivity index (χ2n) is 5.81. The van der Waals surface area contributed by atoms with Gasteiger partial charge in [0.2, 0.25) is 0 Å². The Morgan fingerprint density at radius 2 is 2.04 bits per heavy atom. The number of ether oxygens (including phenoxy) is 1. The molecule has 0 saturated heterocycles. The van der Waals surface area contributed by atoms with Crippen LogP contribution in [0.3, 0.4) is 0 Å². The molecule has 2 aromatic carbocycles. The summed E-state index contributed by atoms with van der Waals surface area (Å²) in [6.07, 6.45) is 1.71. The highest BCUT2D eigenvalue weighted by Gasteiger charge is 2.11. The molecule has 0 atom stereocenters. The molecule has 1 heterocycles. The number of nitrogens with zero attached hydrogens (tertiary/aromatic N) is 2. The minimum absolute atomic E-state index is 0.391. The van der Waals surface area contributed by atoms with Gasteiger partial charge in [0.05, 0.1) is 12.2 Å². The van der Waals surface area contributed by atoms with Gasteiger partial charge in [-0.3, -0.25) is 9.47 Å². The van der Waals surface area contributed by atoms with Crippen LogP contribution in [0.25, 0.3) is 11.1 Å². The van der Waals surface area contributed by atoms with Gasteiger partial charge in [-0.2, -0.15) is 0 Å². The van der Waals surface area contributed by atoms with Crippen molar-refractivity contribution in [3.8, 4) is 5.75 Å². The van der Waals surface area contributed by atoms with Gasteiger partial charge in [0.15, 0.2) is 5.58 Å². The first-order chi connectivity index (χ1) is 12.1. The van der Waals surface area contributed by atoms with Gasteiger partial charge >= 0.3 is 5.76 Å². The lowest BCUT2D eigenvalue weighted by molar-refractivity contribution is 0.253. The van der Waals surface area contributed by atoms with E-state index in [9.17, 15) is 4.79 Å². The van der Waals surface area contributed by atoms with Crippen molar-refractivity contribution in [3.05, 3.63) is 76.3 Å². The Bertz CT molecular complexity index is 928. The van der Waals surface area contributed by atoms with Gasteiger partial charge in [-0.1, -0.05) is 36.4 Å². The fraction of sp³-hybridized carbons (Fsp3) is 0.211. The minimum Gasteiger partial charge on any atom is -0.490 e. The summed E-state index contributed by atoms with van der Waals surface area (Å²) in [4.78, 5) is 14.1. The van der Waals surface area contributed by atoms with Gasteiger partial charge < -0.3 is 9.15 Å². The SMILES string of the molecule is C=CCOc1ccc(CN(C)Cn2c(=O)oc3cc(Cl)ccc32)cc1. The third-order valence-corrected chi connectivity index (χ3v) is 3.99. The van der Waals surface area contributed by atoms with Crippen molar-refractivity contribution in [2.45, 2.75) is 13.2 Å². The van der Waals surface area contributed by atoms with E-state index in [0.29, 0.717) is 30.4 Å². The van der Waals surface area contributed by atoms with E-state index in [1.807, 2.05) is 36.2 Å². The molecule has 0 radical (unpaired) electrons. The number of oxazole rings is 1. The third kappa shape index (κ3) is 4.13. The van der Waals surface area contributed by atoms with Crippen molar-refractivity contribution < 1.29 is 9.15 Å². The summed E-state index contributed by atoms with van der Waals surface area (Å²) in [7, 11) is 1.95. The second-order valence-corrected chi connectivity index (χ2v) is 6.24. The molecule has 0 saturated carbocycles. The highest BCUT2D eigenvalue weighted by molar-refractivity contribution is 6.31. The van der Waals surface area contributed by atoms with E-state index in [4.69, 9.17) is 20.8 Å². The normalized spacial score (nSPS) is 11.2. The van der Waals surface area contributed by atoms with E-state index in [1.165, 1.54) is 0 Å². The predicted octanol–water partition coefficient (Wildman–Crippen LogP) is 3.90. The van der Waals surface area contributed by atoms with E-state index < -0.39 is 5.76 Å². The van der Waals surface area contributed by atoms with Crippen molar-refractivity contribution >= 4 is 22.7 Å². The van der Waals surface area contributed by atoms with E-state index >= 15 is 0 Å². The Hall–Kier alpha value is -2.50. The smallest absolute Gasteiger partial charge is 0.421 e. The summed E-state index contributed by atoms with van der Waals surface area (Å²) < 4.78 is 12.3. The van der Waals surface area contributed by atoms with Crippen LogP contribution in [0.5, 0.6) is 5.75 Å². The third-order valence-electron chi connectivity index (χ3n) is 3.76. The molecule has 0 aliphatic carbocycles. The first kappa shape index (κ1) is 17.3. The molecule has 0 aliphatic rings. The number of hydrogen-bond acceptors (Lipinski definition) is 4. The number of aromatic nitrogens is 1. The molecule has 0 aliphatic heterocycles. The second kappa shape index (κ2) is 7.59. The van der Waals surface area contributed by atoms with Crippen molar-refractivity contribution in [2.24, 2.45) is 0 Å². The molecule has 0 bridgehead atoms. The summed E-state index contributed by atoms with van der Waals surface area (Å²) in [5, 5.41) is 0.542. The summed E-state index contributed by atoms with van der Waals surface area (Å²) in [6, 6.07) is 13.0. The number of fused-ring (bicyclic) bond motifs is 1. The van der Waals surface area contributed by atoms with Gasteiger partial charge in [-0.25, -0.2) is 4.79 Å². The summed E-state index contributed by atoms with van der Waals surface area (Å²) >= 11 is 5.94. The Kier molecular flexibility index (Phi) is 5.26. The molecule has 130 valence electrons. The lowest BCUT2D eigenvalue weighted by atomic mass is 10.2. The Labute approximate surface area is 150 Å². The van der Waals surface area contributed by atoms with Gasteiger partial charge in [0.25, 0.3) is 0 Å². The fourth-order valence-corrected chi connectivity index (χ4v) is 2.79. The monoisotopic (exact) mass is 358 g/mol. The van der Waals surface area contributed by atoms with Crippen LogP contribution in [0, 0.1) is 0 Å². The van der Waals surface area contributed by atoms with Crippen molar-refractivity contribution in [1.82, 2.24) is 9.47 Å². The van der Waals surface area contributed by atoms with Crippen LogP contribution in [0.2, 0.25) is 5.02 Å². The molecule has 3 aromatic rings. The maximum absolute atomic E-state index is 12.1. The van der Waals surface area contributed by atoms with Crippen LogP contribution in [0.4, 0.5) is 0 Å². The summed E-state index contributed by atoms with van der Waals surface area (Å²) in [6.45, 7) is 5.22. The zero-order valence-electron chi connectivity index (χ0n) is 13.9. The van der Waals surface area contributed by atoms with Crippen molar-refractivity contribution in [3.63, 3.8) is 0 Å². The average Bonchev–Trinajstić information content (AvgIpc) is 2.89. The number of hydrogen-bond donors (Lipinski definition) is 0. The van der Waals surface area contributed by atoms with Gasteiger partial charge in [-0.15, -0.1) is 0 Å². The van der Waals surface area contributed by atoms with E-state index in [2.05, 4.69) is 6.58 Å². The number of rotatable bonds is 7.